The summed E-state index contributed by atoms with van der Waals surface area (Å²) in [4.78, 5) is 9.73. The quantitative estimate of drug-likeness (QED) is 0.212. The van der Waals surface area contributed by atoms with E-state index in [1.54, 1.807) is 6.08 Å². The number of pyridine rings is 1. The number of aromatic nitrogens is 1. The van der Waals surface area contributed by atoms with Crippen LogP contribution in [0.25, 0.3) is 11.3 Å². The van der Waals surface area contributed by atoms with E-state index in [-0.39, 0.29) is 0 Å². The van der Waals surface area contributed by atoms with Gasteiger partial charge in [-0.3, -0.25) is 4.98 Å². The molecule has 31 heavy (non-hydrogen) atoms. The van der Waals surface area contributed by atoms with E-state index in [9.17, 15) is 0 Å². The van der Waals surface area contributed by atoms with Crippen LogP contribution in [-0.2, 0) is 24.1 Å². The average molecular weight is 411 g/mol. The van der Waals surface area contributed by atoms with Gasteiger partial charge in [0, 0.05) is 17.3 Å². The number of fused-ring (bicyclic) bond motifs is 4. The van der Waals surface area contributed by atoms with Crippen LogP contribution >= 0.6 is 0 Å². The van der Waals surface area contributed by atoms with Crippen LogP contribution in [0, 0.1) is 0 Å². The van der Waals surface area contributed by atoms with Crippen molar-refractivity contribution in [3.8, 4) is 11.3 Å². The third kappa shape index (κ3) is 5.29. The molecule has 2 aliphatic carbocycles. The molecule has 1 heterocycles. The summed E-state index contributed by atoms with van der Waals surface area (Å²) < 4.78 is 0. The maximum Gasteiger partial charge on any atom is 0.135 e. The lowest BCUT2D eigenvalue weighted by Gasteiger charge is -2.06. The molecule has 3 aromatic rings. The molecule has 5 rings (SSSR count). The molecular formula is C28H30N2O. The Bertz CT molecular complexity index is 1010. The summed E-state index contributed by atoms with van der Waals surface area (Å²) in [5, 5.41) is 4.22. The van der Waals surface area contributed by atoms with Crippen molar-refractivity contribution in [2.24, 2.45) is 5.16 Å². The van der Waals surface area contributed by atoms with Gasteiger partial charge in [0.15, 0.2) is 0 Å². The Labute approximate surface area is 185 Å². The van der Waals surface area contributed by atoms with Gasteiger partial charge in [-0.25, -0.2) is 0 Å². The van der Waals surface area contributed by atoms with Crippen molar-refractivity contribution in [2.45, 2.75) is 44.9 Å². The molecule has 158 valence electrons. The Balaban J connectivity index is 0.000000149. The zero-order valence-electron chi connectivity index (χ0n) is 18.1. The molecule has 0 saturated carbocycles. The van der Waals surface area contributed by atoms with Gasteiger partial charge in [0.2, 0.25) is 0 Å². The van der Waals surface area contributed by atoms with Crippen molar-refractivity contribution in [3.05, 3.63) is 102 Å². The molecule has 3 heteroatoms. The molecule has 0 amide bonds. The predicted octanol–water partition coefficient (Wildman–Crippen LogP) is 6.56. The second-order valence-electron chi connectivity index (χ2n) is 8.01. The maximum absolute atomic E-state index is 5.20. The highest BCUT2D eigenvalue weighted by Crippen LogP contribution is 2.30. The SMILES string of the molecule is C=CCO/N=C1\CCCCc2ccccc21.c1ccc2c(c1)CCCc1cccnc1-2. The molecule has 0 radical (unpaired) electrons. The van der Waals surface area contributed by atoms with E-state index in [2.05, 4.69) is 71.3 Å². The molecule has 2 aliphatic rings. The second kappa shape index (κ2) is 10.7. The highest BCUT2D eigenvalue weighted by atomic mass is 16.6. The first-order chi connectivity index (χ1) is 15.4. The molecule has 0 aliphatic heterocycles. The molecule has 0 fully saturated rings. The highest BCUT2D eigenvalue weighted by Gasteiger charge is 2.14. The molecule has 1 aromatic heterocycles. The van der Waals surface area contributed by atoms with Crippen molar-refractivity contribution in [3.63, 3.8) is 0 Å². The number of oxime groups is 1. The van der Waals surface area contributed by atoms with Crippen LogP contribution < -0.4 is 0 Å². The van der Waals surface area contributed by atoms with Crippen LogP contribution in [0.3, 0.4) is 0 Å². The minimum Gasteiger partial charge on any atom is -0.391 e. The van der Waals surface area contributed by atoms with Gasteiger partial charge in [-0.1, -0.05) is 72.4 Å². The summed E-state index contributed by atoms with van der Waals surface area (Å²) in [7, 11) is 0. The number of hydrogen-bond acceptors (Lipinski definition) is 3. The van der Waals surface area contributed by atoms with E-state index in [4.69, 9.17) is 4.84 Å². The van der Waals surface area contributed by atoms with Gasteiger partial charge < -0.3 is 4.84 Å². The Hall–Kier alpha value is -3.20. The van der Waals surface area contributed by atoms with E-state index in [0.29, 0.717) is 6.61 Å². The average Bonchev–Trinajstić information content (AvgIpc) is 3.14. The number of hydrogen-bond donors (Lipinski definition) is 0. The molecule has 0 N–H and O–H groups in total. The summed E-state index contributed by atoms with van der Waals surface area (Å²) in [6, 6.07) is 21.3. The van der Waals surface area contributed by atoms with Gasteiger partial charge >= 0.3 is 0 Å². The number of aryl methyl sites for hydroxylation is 3. The summed E-state index contributed by atoms with van der Waals surface area (Å²) in [6.07, 6.45) is 11.7. The van der Waals surface area contributed by atoms with E-state index < -0.39 is 0 Å². The topological polar surface area (TPSA) is 34.5 Å². The van der Waals surface area contributed by atoms with Gasteiger partial charge in [0.25, 0.3) is 0 Å². The van der Waals surface area contributed by atoms with Gasteiger partial charge in [0.05, 0.1) is 11.4 Å². The van der Waals surface area contributed by atoms with Crippen molar-refractivity contribution in [1.29, 1.82) is 0 Å². The molecule has 0 bridgehead atoms. The third-order valence-corrected chi connectivity index (χ3v) is 5.86. The highest BCUT2D eigenvalue weighted by molar-refractivity contribution is 6.01. The molecular weight excluding hydrogens is 380 g/mol. The third-order valence-electron chi connectivity index (χ3n) is 5.86. The van der Waals surface area contributed by atoms with Crippen LogP contribution in [0.15, 0.2) is 84.7 Å². The Morgan fingerprint density at radius 1 is 0.774 bits per heavy atom. The van der Waals surface area contributed by atoms with E-state index in [1.807, 2.05) is 12.3 Å². The first kappa shape index (κ1) is 21.0. The van der Waals surface area contributed by atoms with Gasteiger partial charge in [-0.2, -0.15) is 0 Å². The normalized spacial score (nSPS) is 15.8. The van der Waals surface area contributed by atoms with Crippen LogP contribution in [-0.4, -0.2) is 17.3 Å². The molecule has 0 unspecified atom stereocenters. The van der Waals surface area contributed by atoms with E-state index in [0.717, 1.165) is 25.0 Å². The number of rotatable bonds is 3. The van der Waals surface area contributed by atoms with Crippen molar-refractivity contribution >= 4 is 5.71 Å². The standard InChI is InChI=1S/C14H17NO.C14H13N/c1-2-11-16-15-14-10-6-4-8-12-7-3-5-9-13(12)14;1-2-9-13-11(5-1)6-3-7-12-8-4-10-15-14(12)13/h2-3,5,7,9H,1,4,6,8,10-11H2;1-2,4-5,8-10H,3,6-7H2/b15-14+;. The zero-order chi connectivity index (χ0) is 21.3. The van der Waals surface area contributed by atoms with Crippen LogP contribution in [0.4, 0.5) is 0 Å². The van der Waals surface area contributed by atoms with Crippen LogP contribution in [0.5, 0.6) is 0 Å². The summed E-state index contributed by atoms with van der Waals surface area (Å²) >= 11 is 0. The Morgan fingerprint density at radius 2 is 1.42 bits per heavy atom. The fourth-order valence-corrected chi connectivity index (χ4v) is 4.35. The summed E-state index contributed by atoms with van der Waals surface area (Å²) in [5.74, 6) is 0. The zero-order valence-corrected chi connectivity index (χ0v) is 18.1. The monoisotopic (exact) mass is 410 g/mol. The van der Waals surface area contributed by atoms with Crippen molar-refractivity contribution in [1.82, 2.24) is 4.98 Å². The Kier molecular flexibility index (Phi) is 7.28. The smallest absolute Gasteiger partial charge is 0.135 e. The number of benzene rings is 2. The lowest BCUT2D eigenvalue weighted by molar-refractivity contribution is 0.174. The van der Waals surface area contributed by atoms with Crippen molar-refractivity contribution in [2.75, 3.05) is 6.61 Å². The van der Waals surface area contributed by atoms with E-state index in [1.165, 1.54) is 59.2 Å². The maximum atomic E-state index is 5.20. The molecule has 0 atom stereocenters. The van der Waals surface area contributed by atoms with E-state index >= 15 is 0 Å². The molecule has 0 saturated heterocycles. The van der Waals surface area contributed by atoms with Gasteiger partial charge in [0.1, 0.15) is 6.61 Å². The lowest BCUT2D eigenvalue weighted by Crippen LogP contribution is -2.03. The molecule has 0 spiro atoms. The first-order valence-corrected chi connectivity index (χ1v) is 11.3. The molecule has 3 nitrogen and oxygen atoms in total. The van der Waals surface area contributed by atoms with Gasteiger partial charge in [-0.05, 0) is 67.7 Å². The van der Waals surface area contributed by atoms with Crippen LogP contribution in [0.2, 0.25) is 0 Å². The van der Waals surface area contributed by atoms with Crippen molar-refractivity contribution < 1.29 is 4.84 Å². The summed E-state index contributed by atoms with van der Waals surface area (Å²) in [5.41, 5.74) is 9.06. The van der Waals surface area contributed by atoms with Crippen LogP contribution in [0.1, 0.15) is 47.9 Å². The van der Waals surface area contributed by atoms with Gasteiger partial charge in [-0.15, -0.1) is 0 Å². The minimum atomic E-state index is 0.478. The predicted molar refractivity (Wildman–Crippen MR) is 128 cm³/mol. The molecule has 2 aromatic carbocycles. The second-order valence-corrected chi connectivity index (χ2v) is 8.01. The number of nitrogens with zero attached hydrogens (tertiary/aromatic N) is 2. The largest absolute Gasteiger partial charge is 0.391 e. The Morgan fingerprint density at radius 3 is 2.26 bits per heavy atom. The first-order valence-electron chi connectivity index (χ1n) is 11.3. The lowest BCUT2D eigenvalue weighted by atomic mass is 10.0. The minimum absolute atomic E-state index is 0.478. The fraction of sp³-hybridized carbons (Fsp3) is 0.286. The fourth-order valence-electron chi connectivity index (χ4n) is 4.35. The summed E-state index contributed by atoms with van der Waals surface area (Å²) in [6.45, 7) is 4.09.